The summed E-state index contributed by atoms with van der Waals surface area (Å²) in [7, 11) is 0. The maximum atomic E-state index is 13.3. The zero-order valence-electron chi connectivity index (χ0n) is 14.3. The highest BCUT2D eigenvalue weighted by Gasteiger charge is 2.47. The lowest BCUT2D eigenvalue weighted by molar-refractivity contribution is -0.137. The van der Waals surface area contributed by atoms with Crippen molar-refractivity contribution in [1.29, 1.82) is 0 Å². The van der Waals surface area contributed by atoms with Crippen LogP contribution in [0.5, 0.6) is 0 Å². The van der Waals surface area contributed by atoms with Gasteiger partial charge in [0.15, 0.2) is 0 Å². The van der Waals surface area contributed by atoms with Gasteiger partial charge in [0, 0.05) is 5.69 Å². The quantitative estimate of drug-likeness (QED) is 0.647. The van der Waals surface area contributed by atoms with Crippen LogP contribution in [0.4, 0.5) is 18.9 Å². The van der Waals surface area contributed by atoms with Crippen molar-refractivity contribution in [2.75, 3.05) is 5.73 Å². The molecule has 1 saturated carbocycles. The van der Waals surface area contributed by atoms with Gasteiger partial charge in [0.05, 0.1) is 16.7 Å². The molecule has 3 nitrogen and oxygen atoms in total. The average molecular weight is 370 g/mol. The summed E-state index contributed by atoms with van der Waals surface area (Å²) in [5.41, 5.74) is 4.31. The van der Waals surface area contributed by atoms with Crippen LogP contribution in [-0.4, -0.2) is 5.91 Å². The molecule has 4 rings (SSSR count). The summed E-state index contributed by atoms with van der Waals surface area (Å²) >= 11 is 0. The molecule has 138 valence electrons. The van der Waals surface area contributed by atoms with Crippen LogP contribution in [0.1, 0.15) is 34.3 Å². The number of hydrogen-bond donors (Lipinski definition) is 2. The van der Waals surface area contributed by atoms with Crippen LogP contribution in [0.3, 0.4) is 0 Å². The Bertz CT molecular complexity index is 1030. The van der Waals surface area contributed by atoms with Crippen molar-refractivity contribution in [3.05, 3.63) is 77.4 Å². The largest absolute Gasteiger partial charge is 0.417 e. The maximum absolute atomic E-state index is 13.3. The van der Waals surface area contributed by atoms with Crippen molar-refractivity contribution < 1.29 is 18.0 Å². The molecule has 27 heavy (non-hydrogen) atoms. The van der Waals surface area contributed by atoms with E-state index in [4.69, 9.17) is 5.73 Å². The Hall–Kier alpha value is -3.02. The zero-order chi connectivity index (χ0) is 19.2. The number of benzene rings is 3. The number of anilines is 1. The third kappa shape index (κ3) is 3.12. The Labute approximate surface area is 154 Å². The molecular formula is C21H17F3N2O. The lowest BCUT2D eigenvalue weighted by Gasteiger charge is -2.21. The Morgan fingerprint density at radius 1 is 1.00 bits per heavy atom. The predicted molar refractivity (Wildman–Crippen MR) is 98.2 cm³/mol. The Morgan fingerprint density at radius 3 is 2.41 bits per heavy atom. The van der Waals surface area contributed by atoms with E-state index in [1.807, 2.05) is 42.5 Å². The van der Waals surface area contributed by atoms with E-state index in [2.05, 4.69) is 5.32 Å². The number of carbonyl (C=O) groups excluding carboxylic acids is 1. The van der Waals surface area contributed by atoms with E-state index >= 15 is 0 Å². The van der Waals surface area contributed by atoms with E-state index in [0.717, 1.165) is 28.5 Å². The first-order valence-electron chi connectivity index (χ1n) is 8.58. The van der Waals surface area contributed by atoms with Gasteiger partial charge >= 0.3 is 6.18 Å². The Morgan fingerprint density at radius 2 is 1.70 bits per heavy atom. The molecule has 0 bridgehead atoms. The van der Waals surface area contributed by atoms with Crippen LogP contribution in [0.25, 0.3) is 10.8 Å². The van der Waals surface area contributed by atoms with Gasteiger partial charge < -0.3 is 11.1 Å². The van der Waals surface area contributed by atoms with Crippen LogP contribution in [0.2, 0.25) is 0 Å². The fourth-order valence-corrected chi connectivity index (χ4v) is 3.51. The maximum Gasteiger partial charge on any atom is 0.417 e. The number of nitrogens with one attached hydrogen (secondary N) is 1. The molecule has 0 unspecified atom stereocenters. The Balaban J connectivity index is 1.72. The number of hydrogen-bond acceptors (Lipinski definition) is 2. The predicted octanol–water partition coefficient (Wildman–Crippen LogP) is 4.86. The van der Waals surface area contributed by atoms with Crippen molar-refractivity contribution in [2.45, 2.75) is 24.6 Å². The third-order valence-electron chi connectivity index (χ3n) is 5.00. The topological polar surface area (TPSA) is 55.1 Å². The summed E-state index contributed by atoms with van der Waals surface area (Å²) in [6.07, 6.45) is -3.29. The van der Waals surface area contributed by atoms with E-state index in [0.29, 0.717) is 12.8 Å². The second kappa shape index (κ2) is 6.01. The molecule has 3 aromatic rings. The number of carbonyl (C=O) groups is 1. The normalized spacial score (nSPS) is 15.5. The highest BCUT2D eigenvalue weighted by atomic mass is 19.4. The van der Waals surface area contributed by atoms with Gasteiger partial charge in [-0.2, -0.15) is 13.2 Å². The van der Waals surface area contributed by atoms with E-state index < -0.39 is 28.7 Å². The minimum Gasteiger partial charge on any atom is -0.399 e. The molecule has 0 heterocycles. The van der Waals surface area contributed by atoms with E-state index in [1.165, 1.54) is 6.07 Å². The molecule has 1 amide bonds. The van der Waals surface area contributed by atoms with Gasteiger partial charge in [-0.3, -0.25) is 4.79 Å². The van der Waals surface area contributed by atoms with Gasteiger partial charge in [-0.15, -0.1) is 0 Å². The molecule has 0 aromatic heterocycles. The van der Waals surface area contributed by atoms with Gasteiger partial charge in [0.1, 0.15) is 0 Å². The van der Waals surface area contributed by atoms with Crippen LogP contribution in [0.15, 0.2) is 60.7 Å². The van der Waals surface area contributed by atoms with Crippen molar-refractivity contribution in [3.63, 3.8) is 0 Å². The molecule has 1 aliphatic carbocycles. The van der Waals surface area contributed by atoms with Gasteiger partial charge in [-0.1, -0.05) is 42.5 Å². The third-order valence-corrected chi connectivity index (χ3v) is 5.00. The minimum atomic E-state index is -4.65. The summed E-state index contributed by atoms with van der Waals surface area (Å²) in [5, 5.41) is 4.86. The second-order valence-corrected chi connectivity index (χ2v) is 6.87. The van der Waals surface area contributed by atoms with Crippen molar-refractivity contribution >= 4 is 22.4 Å². The fourth-order valence-electron chi connectivity index (χ4n) is 3.51. The molecule has 3 aromatic carbocycles. The van der Waals surface area contributed by atoms with Gasteiger partial charge in [0.25, 0.3) is 5.91 Å². The number of halogens is 3. The molecule has 1 aliphatic rings. The molecule has 1 fully saturated rings. The monoisotopic (exact) mass is 370 g/mol. The number of nitrogens with two attached hydrogens (primary N) is 1. The molecule has 0 aliphatic heterocycles. The van der Waals surface area contributed by atoms with Gasteiger partial charge in [-0.25, -0.2) is 0 Å². The number of amides is 1. The molecule has 0 atom stereocenters. The molecule has 0 radical (unpaired) electrons. The summed E-state index contributed by atoms with van der Waals surface area (Å²) in [4.78, 5) is 12.7. The standard InChI is InChI=1S/C21H17F3N2O/c22-21(23,24)18-12-14(25)8-9-16(18)19(27)26-20(10-11-20)17-7-3-5-13-4-1-2-6-15(13)17/h1-9,12H,10-11,25H2,(H,26,27). The minimum absolute atomic E-state index is 0.0333. The van der Waals surface area contributed by atoms with E-state index in [9.17, 15) is 18.0 Å². The number of rotatable bonds is 3. The SMILES string of the molecule is Nc1ccc(C(=O)NC2(c3cccc4ccccc34)CC2)c(C(F)(F)F)c1. The summed E-state index contributed by atoms with van der Waals surface area (Å²) in [6, 6.07) is 16.8. The van der Waals surface area contributed by atoms with Crippen LogP contribution < -0.4 is 11.1 Å². The smallest absolute Gasteiger partial charge is 0.399 e. The molecule has 0 spiro atoms. The first kappa shape index (κ1) is 17.4. The lowest BCUT2D eigenvalue weighted by atomic mass is 9.96. The Kier molecular flexibility index (Phi) is 3.87. The fraction of sp³-hybridized carbons (Fsp3) is 0.190. The molecule has 0 saturated heterocycles. The van der Waals surface area contributed by atoms with E-state index in [1.54, 1.807) is 0 Å². The van der Waals surface area contributed by atoms with Crippen molar-refractivity contribution in [3.8, 4) is 0 Å². The van der Waals surface area contributed by atoms with Crippen molar-refractivity contribution in [1.82, 2.24) is 5.32 Å². The van der Waals surface area contributed by atoms with Crippen LogP contribution in [-0.2, 0) is 11.7 Å². The highest BCUT2D eigenvalue weighted by Crippen LogP contribution is 2.48. The summed E-state index contributed by atoms with van der Waals surface area (Å²) < 4.78 is 40.0. The summed E-state index contributed by atoms with van der Waals surface area (Å²) in [5.74, 6) is -0.743. The van der Waals surface area contributed by atoms with Gasteiger partial charge in [-0.05, 0) is 47.4 Å². The number of fused-ring (bicyclic) bond motifs is 1. The number of nitrogen functional groups attached to an aromatic ring is 1. The van der Waals surface area contributed by atoms with Crippen molar-refractivity contribution in [2.24, 2.45) is 0 Å². The molecule has 3 N–H and O–H groups in total. The number of alkyl halides is 3. The summed E-state index contributed by atoms with van der Waals surface area (Å²) in [6.45, 7) is 0. The highest BCUT2D eigenvalue weighted by molar-refractivity contribution is 5.98. The molecular weight excluding hydrogens is 353 g/mol. The van der Waals surface area contributed by atoms with E-state index in [-0.39, 0.29) is 5.69 Å². The van der Waals surface area contributed by atoms with Gasteiger partial charge in [0.2, 0.25) is 0 Å². The first-order chi connectivity index (χ1) is 12.8. The lowest BCUT2D eigenvalue weighted by Crippen LogP contribution is -2.36. The zero-order valence-corrected chi connectivity index (χ0v) is 14.3. The molecule has 6 heteroatoms. The van der Waals surface area contributed by atoms with Crippen LogP contribution >= 0.6 is 0 Å². The average Bonchev–Trinajstić information content (AvgIpc) is 3.40. The second-order valence-electron chi connectivity index (χ2n) is 6.87. The first-order valence-corrected chi connectivity index (χ1v) is 8.58. The van der Waals surface area contributed by atoms with Crippen LogP contribution in [0, 0.1) is 0 Å².